The molecule has 0 spiro atoms. The number of carbonyl (C=O) groups is 1. The van der Waals surface area contributed by atoms with E-state index in [4.69, 9.17) is 4.98 Å². The van der Waals surface area contributed by atoms with Crippen LogP contribution in [-0.4, -0.2) is 21.2 Å². The Morgan fingerprint density at radius 1 is 1.09 bits per heavy atom. The zero-order chi connectivity index (χ0) is 23.5. The van der Waals surface area contributed by atoms with E-state index in [0.717, 1.165) is 28.8 Å². The van der Waals surface area contributed by atoms with Crippen LogP contribution in [0.25, 0.3) is 10.2 Å². The number of fused-ring (bicyclic) bond motifs is 1. The molecule has 2 aromatic carbocycles. The lowest BCUT2D eigenvalue weighted by molar-refractivity contribution is -0.113. The monoisotopic (exact) mass is 477 g/mol. The summed E-state index contributed by atoms with van der Waals surface area (Å²) in [7, 11) is 0. The zero-order valence-electron chi connectivity index (χ0n) is 19.3. The van der Waals surface area contributed by atoms with Crippen molar-refractivity contribution in [3.63, 3.8) is 0 Å². The van der Waals surface area contributed by atoms with Crippen LogP contribution in [0.5, 0.6) is 0 Å². The molecule has 0 unspecified atom stereocenters. The van der Waals surface area contributed by atoms with Crippen molar-refractivity contribution in [2.24, 2.45) is 0 Å². The smallest absolute Gasteiger partial charge is 0.272 e. The van der Waals surface area contributed by atoms with Gasteiger partial charge in [0.25, 0.3) is 5.56 Å². The molecule has 5 nitrogen and oxygen atoms in total. The summed E-state index contributed by atoms with van der Waals surface area (Å²) in [5, 5.41) is 5.49. The predicted octanol–water partition coefficient (Wildman–Crippen LogP) is 5.72. The quantitative estimate of drug-likeness (QED) is 0.273. The molecule has 0 bridgehead atoms. The lowest BCUT2D eigenvalue weighted by Gasteiger charge is -2.15. The minimum absolute atomic E-state index is 0.0664. The molecule has 1 N–H and O–H groups in total. The van der Waals surface area contributed by atoms with Gasteiger partial charge in [0.15, 0.2) is 5.16 Å². The third kappa shape index (κ3) is 5.04. The molecule has 2 heterocycles. The highest BCUT2D eigenvalue weighted by Crippen LogP contribution is 2.24. The summed E-state index contributed by atoms with van der Waals surface area (Å²) in [5.41, 5.74) is 7.07. The number of anilines is 1. The second-order valence-electron chi connectivity index (χ2n) is 8.14. The normalized spacial score (nSPS) is 11.2. The van der Waals surface area contributed by atoms with E-state index in [0.29, 0.717) is 21.9 Å². The molecular formula is C26H27N3O2S2. The van der Waals surface area contributed by atoms with Crippen LogP contribution in [0.2, 0.25) is 0 Å². The Hall–Kier alpha value is -2.90. The van der Waals surface area contributed by atoms with Crippen LogP contribution in [0.15, 0.2) is 57.8 Å². The molecule has 1 amide bonds. The van der Waals surface area contributed by atoms with E-state index in [1.807, 2.05) is 42.6 Å². The lowest BCUT2D eigenvalue weighted by Crippen LogP contribution is -2.24. The van der Waals surface area contributed by atoms with Gasteiger partial charge >= 0.3 is 0 Å². The number of rotatable bonds is 7. The van der Waals surface area contributed by atoms with E-state index in [1.165, 1.54) is 34.2 Å². The molecule has 0 saturated heterocycles. The lowest BCUT2D eigenvalue weighted by atomic mass is 10.1. The zero-order valence-corrected chi connectivity index (χ0v) is 20.9. The fourth-order valence-electron chi connectivity index (χ4n) is 3.77. The first-order valence-corrected chi connectivity index (χ1v) is 12.8. The van der Waals surface area contributed by atoms with Crippen LogP contribution in [0.1, 0.15) is 34.7 Å². The highest BCUT2D eigenvalue weighted by Gasteiger charge is 2.16. The van der Waals surface area contributed by atoms with Gasteiger partial charge in [0.2, 0.25) is 5.91 Å². The van der Waals surface area contributed by atoms with Crippen LogP contribution in [0, 0.1) is 20.8 Å². The number of hydrogen-bond donors (Lipinski definition) is 1. The summed E-state index contributed by atoms with van der Waals surface area (Å²) in [6.07, 6.45) is 0.844. The maximum atomic E-state index is 13.2. The number of amides is 1. The van der Waals surface area contributed by atoms with Gasteiger partial charge in [-0.15, -0.1) is 11.3 Å². The molecule has 33 heavy (non-hydrogen) atoms. The number of thioether (sulfide) groups is 1. The van der Waals surface area contributed by atoms with Crippen molar-refractivity contribution in [3.05, 3.63) is 86.0 Å². The van der Waals surface area contributed by atoms with Gasteiger partial charge in [0.1, 0.15) is 4.70 Å². The summed E-state index contributed by atoms with van der Waals surface area (Å²) in [6.45, 7) is 8.63. The van der Waals surface area contributed by atoms with Gasteiger partial charge in [-0.3, -0.25) is 14.2 Å². The molecule has 0 fully saturated rings. The average Bonchev–Trinajstić information content (AvgIpc) is 3.27. The van der Waals surface area contributed by atoms with Gasteiger partial charge in [0, 0.05) is 5.69 Å². The Morgan fingerprint density at radius 2 is 1.91 bits per heavy atom. The SMILES string of the molecule is CCc1cccc(C)c1NC(=O)CSc1nc2ccsc2c(=O)n1Cc1ccc(C)c(C)c1. The fraction of sp³-hybridized carbons (Fsp3) is 0.269. The van der Waals surface area contributed by atoms with Gasteiger partial charge in [-0.05, 0) is 66.5 Å². The van der Waals surface area contributed by atoms with Gasteiger partial charge in [-0.2, -0.15) is 0 Å². The molecule has 2 aromatic heterocycles. The third-order valence-corrected chi connectivity index (χ3v) is 7.65. The Morgan fingerprint density at radius 3 is 2.67 bits per heavy atom. The van der Waals surface area contributed by atoms with Crippen LogP contribution in [-0.2, 0) is 17.8 Å². The van der Waals surface area contributed by atoms with Crippen molar-refractivity contribution in [2.45, 2.75) is 45.8 Å². The van der Waals surface area contributed by atoms with Gasteiger partial charge in [-0.25, -0.2) is 4.98 Å². The van der Waals surface area contributed by atoms with E-state index < -0.39 is 0 Å². The Kier molecular flexibility index (Phi) is 7.00. The molecule has 0 saturated carbocycles. The molecule has 0 radical (unpaired) electrons. The summed E-state index contributed by atoms with van der Waals surface area (Å²) < 4.78 is 2.33. The van der Waals surface area contributed by atoms with Gasteiger partial charge in [-0.1, -0.05) is 55.1 Å². The first-order chi connectivity index (χ1) is 15.9. The maximum Gasteiger partial charge on any atom is 0.272 e. The molecule has 0 aliphatic heterocycles. The minimum atomic E-state index is -0.110. The van der Waals surface area contributed by atoms with E-state index in [1.54, 1.807) is 4.57 Å². The predicted molar refractivity (Wildman–Crippen MR) is 139 cm³/mol. The molecule has 0 aliphatic carbocycles. The standard InChI is InChI=1S/C26H27N3O2S2/c1-5-20-8-6-7-17(3)23(20)28-22(30)15-33-26-27-21-11-12-32-24(21)25(31)29(26)14-19-10-9-16(2)18(4)13-19/h6-13H,5,14-15H2,1-4H3,(H,28,30). The second-order valence-corrected chi connectivity index (χ2v) is 10.00. The first-order valence-electron chi connectivity index (χ1n) is 10.9. The largest absolute Gasteiger partial charge is 0.325 e. The molecule has 170 valence electrons. The van der Waals surface area contributed by atoms with Crippen LogP contribution >= 0.6 is 23.1 Å². The molecule has 4 aromatic rings. The first kappa shape index (κ1) is 23.3. The fourth-order valence-corrected chi connectivity index (χ4v) is 5.34. The van der Waals surface area contributed by atoms with Gasteiger partial charge in [0.05, 0.1) is 17.8 Å². The number of aryl methyl sites for hydroxylation is 4. The van der Waals surface area contributed by atoms with E-state index in [2.05, 4.69) is 38.2 Å². The number of hydrogen-bond acceptors (Lipinski definition) is 5. The highest BCUT2D eigenvalue weighted by atomic mass is 32.2. The van der Waals surface area contributed by atoms with E-state index >= 15 is 0 Å². The molecule has 0 aliphatic rings. The van der Waals surface area contributed by atoms with Crippen molar-refractivity contribution in [2.75, 3.05) is 11.1 Å². The number of para-hydroxylation sites is 1. The van der Waals surface area contributed by atoms with Crippen molar-refractivity contribution in [1.29, 1.82) is 0 Å². The highest BCUT2D eigenvalue weighted by molar-refractivity contribution is 7.99. The Balaban J connectivity index is 1.60. The summed E-state index contributed by atoms with van der Waals surface area (Å²) in [6, 6.07) is 14.1. The summed E-state index contributed by atoms with van der Waals surface area (Å²) >= 11 is 2.70. The number of benzene rings is 2. The number of thiophene rings is 1. The Labute approximate surface area is 201 Å². The van der Waals surface area contributed by atoms with Crippen molar-refractivity contribution in [1.82, 2.24) is 9.55 Å². The van der Waals surface area contributed by atoms with Crippen molar-refractivity contribution >= 4 is 44.9 Å². The molecule has 0 atom stereocenters. The second kappa shape index (κ2) is 9.93. The summed E-state index contributed by atoms with van der Waals surface area (Å²) in [4.78, 5) is 30.8. The summed E-state index contributed by atoms with van der Waals surface area (Å²) in [5.74, 6) is 0.0633. The Bertz CT molecular complexity index is 1390. The van der Waals surface area contributed by atoms with Crippen LogP contribution in [0.4, 0.5) is 5.69 Å². The number of nitrogens with one attached hydrogen (secondary N) is 1. The average molecular weight is 478 g/mol. The van der Waals surface area contributed by atoms with E-state index in [9.17, 15) is 9.59 Å². The number of carbonyl (C=O) groups excluding carboxylic acids is 1. The molecule has 4 rings (SSSR count). The van der Waals surface area contributed by atoms with Crippen molar-refractivity contribution in [3.8, 4) is 0 Å². The number of nitrogens with zero attached hydrogens (tertiary/aromatic N) is 2. The molecule has 7 heteroatoms. The van der Waals surface area contributed by atoms with Crippen LogP contribution < -0.4 is 10.9 Å². The minimum Gasteiger partial charge on any atom is -0.325 e. The van der Waals surface area contributed by atoms with Crippen molar-refractivity contribution < 1.29 is 4.79 Å². The van der Waals surface area contributed by atoms with E-state index in [-0.39, 0.29) is 17.2 Å². The number of aromatic nitrogens is 2. The van der Waals surface area contributed by atoms with Gasteiger partial charge < -0.3 is 5.32 Å². The third-order valence-electron chi connectivity index (χ3n) is 5.78. The maximum absolute atomic E-state index is 13.2. The topological polar surface area (TPSA) is 64.0 Å². The van der Waals surface area contributed by atoms with Crippen LogP contribution in [0.3, 0.4) is 0 Å². The molecular weight excluding hydrogens is 450 g/mol.